The van der Waals surface area contributed by atoms with Crippen LogP contribution in [0.5, 0.6) is 0 Å². The van der Waals surface area contributed by atoms with Gasteiger partial charge in [0.05, 0.1) is 0 Å². The summed E-state index contributed by atoms with van der Waals surface area (Å²) in [7, 11) is 0. The number of nitriles is 1. The molecule has 0 aliphatic heterocycles. The number of amides is 1. The van der Waals surface area contributed by atoms with Crippen molar-refractivity contribution in [3.8, 4) is 17.2 Å². The van der Waals surface area contributed by atoms with Gasteiger partial charge in [-0.3, -0.25) is 4.79 Å². The molecule has 0 spiro atoms. The van der Waals surface area contributed by atoms with Crippen LogP contribution in [0.1, 0.15) is 60.5 Å². The minimum Gasteiger partial charge on any atom is -0.341 e. The van der Waals surface area contributed by atoms with Crippen molar-refractivity contribution < 1.29 is 9.32 Å². The minimum atomic E-state index is -0.389. The lowest BCUT2D eigenvalue weighted by Gasteiger charge is -2.10. The van der Waals surface area contributed by atoms with E-state index in [1.165, 1.54) is 0 Å². The molecule has 136 valence electrons. The van der Waals surface area contributed by atoms with Crippen molar-refractivity contribution >= 4 is 5.91 Å². The van der Waals surface area contributed by atoms with Crippen molar-refractivity contribution in [1.29, 1.82) is 5.26 Å². The molecule has 0 aliphatic rings. The quantitative estimate of drug-likeness (QED) is 0.744. The van der Waals surface area contributed by atoms with E-state index in [1.54, 1.807) is 31.3 Å². The Bertz CT molecular complexity index is 969. The molecular weight excluding hydrogens is 342 g/mol. The van der Waals surface area contributed by atoms with Gasteiger partial charge in [-0.05, 0) is 36.8 Å². The number of rotatable bonds is 5. The van der Waals surface area contributed by atoms with Gasteiger partial charge in [-0.15, -0.1) is 0 Å². The van der Waals surface area contributed by atoms with Crippen molar-refractivity contribution in [2.75, 3.05) is 0 Å². The zero-order valence-corrected chi connectivity index (χ0v) is 15.3. The maximum atomic E-state index is 12.5. The first-order chi connectivity index (χ1) is 13.0. The Morgan fingerprint density at radius 2 is 1.81 bits per heavy atom. The third-order valence-corrected chi connectivity index (χ3v) is 4.05. The van der Waals surface area contributed by atoms with Gasteiger partial charge >= 0.3 is 0 Å². The topological polar surface area (TPSA) is 105 Å². The third kappa shape index (κ3) is 4.18. The minimum absolute atomic E-state index is 0.162. The molecule has 0 bridgehead atoms. The Hall–Kier alpha value is -3.53. The van der Waals surface area contributed by atoms with E-state index in [4.69, 9.17) is 9.78 Å². The van der Waals surface area contributed by atoms with Gasteiger partial charge in [-0.1, -0.05) is 31.1 Å². The second kappa shape index (κ2) is 7.79. The van der Waals surface area contributed by atoms with E-state index in [0.29, 0.717) is 23.0 Å². The molecule has 0 fully saturated rings. The summed E-state index contributed by atoms with van der Waals surface area (Å²) in [6, 6.07) is 12.2. The maximum absolute atomic E-state index is 12.5. The van der Waals surface area contributed by atoms with E-state index in [-0.39, 0.29) is 17.9 Å². The van der Waals surface area contributed by atoms with Gasteiger partial charge in [0.15, 0.2) is 5.82 Å². The van der Waals surface area contributed by atoms with Crippen LogP contribution in [0.4, 0.5) is 0 Å². The van der Waals surface area contributed by atoms with Crippen LogP contribution < -0.4 is 5.32 Å². The lowest BCUT2D eigenvalue weighted by Crippen LogP contribution is -2.26. The molecule has 0 aliphatic carbocycles. The molecule has 0 unspecified atom stereocenters. The molecule has 0 saturated heterocycles. The molecular formula is C20H19N5O2. The molecule has 0 saturated carbocycles. The first kappa shape index (κ1) is 18.3. The summed E-state index contributed by atoms with van der Waals surface area (Å²) in [5, 5.41) is 15.6. The van der Waals surface area contributed by atoms with Gasteiger partial charge in [-0.2, -0.15) is 10.2 Å². The molecule has 3 rings (SSSR count). The predicted octanol–water partition coefficient (Wildman–Crippen LogP) is 3.62. The van der Waals surface area contributed by atoms with Crippen LogP contribution in [0.15, 0.2) is 47.1 Å². The van der Waals surface area contributed by atoms with E-state index in [0.717, 1.165) is 11.1 Å². The molecule has 7 nitrogen and oxygen atoms in total. The predicted molar refractivity (Wildman–Crippen MR) is 98.7 cm³/mol. The van der Waals surface area contributed by atoms with Crippen molar-refractivity contribution in [3.63, 3.8) is 0 Å². The molecule has 7 heteroatoms. The van der Waals surface area contributed by atoms with Crippen LogP contribution in [-0.4, -0.2) is 21.0 Å². The highest BCUT2D eigenvalue weighted by Gasteiger charge is 2.18. The van der Waals surface area contributed by atoms with E-state index >= 15 is 0 Å². The van der Waals surface area contributed by atoms with E-state index in [9.17, 15) is 4.79 Å². The smallest absolute Gasteiger partial charge is 0.251 e. The molecule has 1 N–H and O–H groups in total. The Labute approximate surface area is 157 Å². The maximum Gasteiger partial charge on any atom is 0.251 e. The zero-order valence-electron chi connectivity index (χ0n) is 15.3. The van der Waals surface area contributed by atoms with Gasteiger partial charge in [0.2, 0.25) is 5.89 Å². The van der Waals surface area contributed by atoms with Crippen LogP contribution in [0.3, 0.4) is 0 Å². The van der Waals surface area contributed by atoms with Gasteiger partial charge in [0.1, 0.15) is 17.8 Å². The largest absolute Gasteiger partial charge is 0.341 e. The summed E-state index contributed by atoms with van der Waals surface area (Å²) < 4.78 is 5.21. The number of aromatic nitrogens is 3. The summed E-state index contributed by atoms with van der Waals surface area (Å²) in [5.74, 6) is 0.935. The first-order valence-electron chi connectivity index (χ1n) is 8.59. The molecule has 0 radical (unpaired) electrons. The Kier molecular flexibility index (Phi) is 5.27. The SMILES string of the molecule is CC(C)c1noc([C@@H](C)NC(=O)c2ccc(-c3ccc(C#N)nc3)cc2)n1. The van der Waals surface area contributed by atoms with Crippen molar-refractivity contribution in [1.82, 2.24) is 20.4 Å². The molecule has 1 amide bonds. The van der Waals surface area contributed by atoms with E-state index < -0.39 is 0 Å². The van der Waals surface area contributed by atoms with Crippen LogP contribution >= 0.6 is 0 Å². The normalized spacial score (nSPS) is 11.8. The fraction of sp³-hybridized carbons (Fsp3) is 0.250. The van der Waals surface area contributed by atoms with Crippen LogP contribution in [0.25, 0.3) is 11.1 Å². The monoisotopic (exact) mass is 361 g/mol. The zero-order chi connectivity index (χ0) is 19.4. The molecule has 2 heterocycles. The van der Waals surface area contributed by atoms with E-state index in [2.05, 4.69) is 20.4 Å². The van der Waals surface area contributed by atoms with Crippen LogP contribution in [0.2, 0.25) is 0 Å². The number of nitrogens with zero attached hydrogens (tertiary/aromatic N) is 4. The van der Waals surface area contributed by atoms with Gasteiger partial charge in [-0.25, -0.2) is 4.98 Å². The van der Waals surface area contributed by atoms with Gasteiger partial charge in [0.25, 0.3) is 5.91 Å². The fourth-order valence-corrected chi connectivity index (χ4v) is 2.44. The Morgan fingerprint density at radius 3 is 2.37 bits per heavy atom. The molecule has 27 heavy (non-hydrogen) atoms. The van der Waals surface area contributed by atoms with Crippen LogP contribution in [0, 0.1) is 11.3 Å². The van der Waals surface area contributed by atoms with E-state index in [1.807, 2.05) is 38.1 Å². The number of pyridine rings is 1. The highest BCUT2D eigenvalue weighted by Crippen LogP contribution is 2.20. The molecule has 1 atom stereocenters. The average molecular weight is 361 g/mol. The second-order valence-electron chi connectivity index (χ2n) is 6.46. The molecule has 2 aromatic heterocycles. The number of nitrogens with one attached hydrogen (secondary N) is 1. The third-order valence-electron chi connectivity index (χ3n) is 4.05. The summed E-state index contributed by atoms with van der Waals surface area (Å²) in [6.07, 6.45) is 1.64. The fourth-order valence-electron chi connectivity index (χ4n) is 2.44. The van der Waals surface area contributed by atoms with Gasteiger partial charge in [0, 0.05) is 23.2 Å². The van der Waals surface area contributed by atoms with Crippen molar-refractivity contribution in [3.05, 3.63) is 65.6 Å². The molecule has 3 aromatic rings. The highest BCUT2D eigenvalue weighted by molar-refractivity contribution is 5.94. The Balaban J connectivity index is 1.68. The lowest BCUT2D eigenvalue weighted by molar-refractivity contribution is 0.0932. The van der Waals surface area contributed by atoms with Crippen LogP contribution in [-0.2, 0) is 0 Å². The summed E-state index contributed by atoms with van der Waals surface area (Å²) in [5.41, 5.74) is 2.68. The molecule has 1 aromatic carbocycles. The van der Waals surface area contributed by atoms with Gasteiger partial charge < -0.3 is 9.84 Å². The number of carbonyl (C=O) groups excluding carboxylic acids is 1. The first-order valence-corrected chi connectivity index (χ1v) is 8.59. The lowest BCUT2D eigenvalue weighted by atomic mass is 10.0. The number of benzene rings is 1. The number of hydrogen-bond donors (Lipinski definition) is 1. The van der Waals surface area contributed by atoms with Crippen molar-refractivity contribution in [2.45, 2.75) is 32.7 Å². The number of carbonyl (C=O) groups is 1. The second-order valence-corrected chi connectivity index (χ2v) is 6.46. The standard InChI is InChI=1S/C20H19N5O2/c1-12(2)18-24-20(27-25-18)13(3)23-19(26)15-6-4-14(5-7-15)16-8-9-17(10-21)22-11-16/h4-9,11-13H,1-3H3,(H,23,26)/t13-/m1/s1. The highest BCUT2D eigenvalue weighted by atomic mass is 16.5. The summed E-state index contributed by atoms with van der Waals surface area (Å²) in [6.45, 7) is 5.75. The van der Waals surface area contributed by atoms with Crippen molar-refractivity contribution in [2.24, 2.45) is 0 Å². The Morgan fingerprint density at radius 1 is 1.11 bits per heavy atom. The summed E-state index contributed by atoms with van der Waals surface area (Å²) >= 11 is 0. The average Bonchev–Trinajstić information content (AvgIpc) is 3.19. The summed E-state index contributed by atoms with van der Waals surface area (Å²) in [4.78, 5) is 20.8. The number of hydrogen-bond acceptors (Lipinski definition) is 6.